The van der Waals surface area contributed by atoms with E-state index in [0.29, 0.717) is 13.2 Å². The van der Waals surface area contributed by atoms with Crippen molar-refractivity contribution in [3.63, 3.8) is 0 Å². The van der Waals surface area contributed by atoms with Crippen LogP contribution in [0.3, 0.4) is 0 Å². The zero-order valence-corrected chi connectivity index (χ0v) is 10.8. The van der Waals surface area contributed by atoms with Gasteiger partial charge in [0.05, 0.1) is 18.8 Å². The summed E-state index contributed by atoms with van der Waals surface area (Å²) in [5, 5.41) is 7.45. The first-order valence-corrected chi connectivity index (χ1v) is 6.07. The number of nitrogens with zero attached hydrogens (tertiary/aromatic N) is 2. The summed E-state index contributed by atoms with van der Waals surface area (Å²) in [4.78, 5) is 11.7. The van der Waals surface area contributed by atoms with E-state index in [-0.39, 0.29) is 12.0 Å². The van der Waals surface area contributed by atoms with Crippen molar-refractivity contribution < 1.29 is 9.53 Å². The third-order valence-corrected chi connectivity index (χ3v) is 2.36. The normalized spacial score (nSPS) is 12.4. The molecular formula is C12H21N3O2. The Balaban J connectivity index is 2.59. The van der Waals surface area contributed by atoms with Crippen LogP contribution in [-0.2, 0) is 16.1 Å². The van der Waals surface area contributed by atoms with Gasteiger partial charge in [-0.2, -0.15) is 5.10 Å². The van der Waals surface area contributed by atoms with Crippen LogP contribution in [0.4, 0.5) is 0 Å². The fourth-order valence-electron chi connectivity index (χ4n) is 1.54. The number of hydrogen-bond acceptors (Lipinski definition) is 4. The van der Waals surface area contributed by atoms with Gasteiger partial charge in [-0.15, -0.1) is 0 Å². The Morgan fingerprint density at radius 3 is 2.88 bits per heavy atom. The summed E-state index contributed by atoms with van der Waals surface area (Å²) in [6, 6.07) is 1.59. The molecule has 0 amide bonds. The van der Waals surface area contributed by atoms with Crippen molar-refractivity contribution >= 4 is 5.97 Å². The number of esters is 1. The number of carbonyl (C=O) groups is 1. The van der Waals surface area contributed by atoms with Crippen molar-refractivity contribution in [2.24, 2.45) is 0 Å². The molecule has 1 heterocycles. The molecule has 1 rings (SSSR count). The molecule has 1 atom stereocenters. The van der Waals surface area contributed by atoms with Gasteiger partial charge in [0.2, 0.25) is 0 Å². The summed E-state index contributed by atoms with van der Waals surface area (Å²) in [6.07, 6.45) is 2.85. The highest BCUT2D eigenvalue weighted by atomic mass is 16.5. The number of aryl methyl sites for hydroxylation is 1. The van der Waals surface area contributed by atoms with E-state index in [4.69, 9.17) is 4.74 Å². The maximum atomic E-state index is 11.7. The molecule has 0 saturated heterocycles. The van der Waals surface area contributed by atoms with Crippen LogP contribution < -0.4 is 5.32 Å². The molecule has 0 aliphatic rings. The molecule has 1 aromatic heterocycles. The second-order valence-corrected chi connectivity index (χ2v) is 3.94. The lowest BCUT2D eigenvalue weighted by Crippen LogP contribution is -2.42. The van der Waals surface area contributed by atoms with Crippen LogP contribution in [0.1, 0.15) is 26.0 Å². The Bertz CT molecular complexity index is 349. The monoisotopic (exact) mass is 239 g/mol. The van der Waals surface area contributed by atoms with Crippen LogP contribution in [0.15, 0.2) is 12.3 Å². The average molecular weight is 239 g/mol. The number of aromatic nitrogens is 2. The minimum atomic E-state index is -0.325. The number of rotatable bonds is 7. The fraction of sp³-hybridized carbons (Fsp3) is 0.667. The first kappa shape index (κ1) is 13.7. The Morgan fingerprint density at radius 2 is 2.35 bits per heavy atom. The molecule has 17 heavy (non-hydrogen) atoms. The van der Waals surface area contributed by atoms with Crippen LogP contribution in [0.5, 0.6) is 0 Å². The molecule has 1 unspecified atom stereocenters. The van der Waals surface area contributed by atoms with E-state index < -0.39 is 0 Å². The van der Waals surface area contributed by atoms with E-state index >= 15 is 0 Å². The van der Waals surface area contributed by atoms with Gasteiger partial charge >= 0.3 is 5.97 Å². The highest BCUT2D eigenvalue weighted by Crippen LogP contribution is 1.98. The number of nitrogens with one attached hydrogen (secondary N) is 1. The van der Waals surface area contributed by atoms with E-state index in [1.165, 1.54) is 0 Å². The Labute approximate surface area is 102 Å². The third-order valence-electron chi connectivity index (χ3n) is 2.36. The van der Waals surface area contributed by atoms with E-state index in [1.807, 2.05) is 26.1 Å². The summed E-state index contributed by atoms with van der Waals surface area (Å²) in [5.74, 6) is -0.214. The first-order chi connectivity index (χ1) is 8.17. The molecule has 1 aromatic rings. The molecular weight excluding hydrogens is 218 g/mol. The summed E-state index contributed by atoms with van der Waals surface area (Å²) in [6.45, 7) is 7.51. The Hall–Kier alpha value is -1.36. The second-order valence-electron chi connectivity index (χ2n) is 3.94. The van der Waals surface area contributed by atoms with Crippen LogP contribution in [0, 0.1) is 6.92 Å². The predicted octanol–water partition coefficient (Wildman–Crippen LogP) is 1.12. The van der Waals surface area contributed by atoms with E-state index in [2.05, 4.69) is 17.3 Å². The minimum Gasteiger partial charge on any atom is -0.465 e. The van der Waals surface area contributed by atoms with Crippen molar-refractivity contribution in [2.75, 3.05) is 13.2 Å². The van der Waals surface area contributed by atoms with Gasteiger partial charge in [-0.25, -0.2) is 0 Å². The average Bonchev–Trinajstić information content (AvgIpc) is 2.70. The van der Waals surface area contributed by atoms with Gasteiger partial charge in [0, 0.05) is 6.20 Å². The first-order valence-electron chi connectivity index (χ1n) is 6.07. The van der Waals surface area contributed by atoms with E-state index in [0.717, 1.165) is 18.7 Å². The van der Waals surface area contributed by atoms with Crippen molar-refractivity contribution in [2.45, 2.75) is 39.8 Å². The quantitative estimate of drug-likeness (QED) is 0.724. The summed E-state index contributed by atoms with van der Waals surface area (Å²) >= 11 is 0. The smallest absolute Gasteiger partial charge is 0.325 e. The molecule has 0 aromatic carbocycles. The molecule has 5 heteroatoms. The van der Waals surface area contributed by atoms with Crippen LogP contribution in [0.25, 0.3) is 0 Å². The Kier molecular flexibility index (Phi) is 5.69. The lowest BCUT2D eigenvalue weighted by atomic mass is 10.3. The van der Waals surface area contributed by atoms with Crippen molar-refractivity contribution in [1.29, 1.82) is 0 Å². The number of carbonyl (C=O) groups excluding carboxylic acids is 1. The Morgan fingerprint density at radius 1 is 1.59 bits per heavy atom. The largest absolute Gasteiger partial charge is 0.465 e. The van der Waals surface area contributed by atoms with Gasteiger partial charge in [-0.05, 0) is 32.9 Å². The lowest BCUT2D eigenvalue weighted by molar-refractivity contribution is -0.146. The zero-order chi connectivity index (χ0) is 12.7. The topological polar surface area (TPSA) is 56.2 Å². The van der Waals surface area contributed by atoms with Crippen LogP contribution in [0.2, 0.25) is 0 Å². The maximum Gasteiger partial charge on any atom is 0.325 e. The molecule has 5 nitrogen and oxygen atoms in total. The lowest BCUT2D eigenvalue weighted by Gasteiger charge is -2.16. The third kappa shape index (κ3) is 4.56. The molecule has 0 spiro atoms. The predicted molar refractivity (Wildman–Crippen MR) is 65.7 cm³/mol. The van der Waals surface area contributed by atoms with Gasteiger partial charge in [-0.1, -0.05) is 6.92 Å². The van der Waals surface area contributed by atoms with Gasteiger partial charge in [0.15, 0.2) is 0 Å². The van der Waals surface area contributed by atoms with E-state index in [9.17, 15) is 4.79 Å². The minimum absolute atomic E-state index is 0.214. The van der Waals surface area contributed by atoms with Crippen LogP contribution >= 0.6 is 0 Å². The SMILES string of the molecule is CCCNC(Cn1ccc(C)n1)C(=O)OCC. The van der Waals surface area contributed by atoms with Gasteiger partial charge < -0.3 is 10.1 Å². The molecule has 0 aliphatic carbocycles. The molecule has 96 valence electrons. The summed E-state index contributed by atoms with van der Waals surface area (Å²) in [5.41, 5.74) is 0.947. The van der Waals surface area contributed by atoms with Crippen molar-refractivity contribution in [3.05, 3.63) is 18.0 Å². The van der Waals surface area contributed by atoms with Crippen LogP contribution in [-0.4, -0.2) is 34.9 Å². The highest BCUT2D eigenvalue weighted by Gasteiger charge is 2.19. The maximum absolute atomic E-state index is 11.7. The van der Waals surface area contributed by atoms with Gasteiger partial charge in [0.1, 0.15) is 6.04 Å². The summed E-state index contributed by atoms with van der Waals surface area (Å²) < 4.78 is 6.80. The molecule has 0 radical (unpaired) electrons. The molecule has 0 fully saturated rings. The number of hydrogen-bond donors (Lipinski definition) is 1. The van der Waals surface area contributed by atoms with Gasteiger partial charge in [-0.3, -0.25) is 9.48 Å². The van der Waals surface area contributed by atoms with Gasteiger partial charge in [0.25, 0.3) is 0 Å². The molecule has 0 saturated carbocycles. The second kappa shape index (κ2) is 7.06. The van der Waals surface area contributed by atoms with Crippen molar-refractivity contribution in [1.82, 2.24) is 15.1 Å². The molecule has 0 bridgehead atoms. The number of ether oxygens (including phenoxy) is 1. The summed E-state index contributed by atoms with van der Waals surface area (Å²) in [7, 11) is 0. The fourth-order valence-corrected chi connectivity index (χ4v) is 1.54. The van der Waals surface area contributed by atoms with Crippen molar-refractivity contribution in [3.8, 4) is 0 Å². The molecule has 0 aliphatic heterocycles. The van der Waals surface area contributed by atoms with E-state index in [1.54, 1.807) is 4.68 Å². The standard InChI is InChI=1S/C12H21N3O2/c1-4-7-13-11(12(16)17-5-2)9-15-8-6-10(3)14-15/h6,8,11,13H,4-5,7,9H2,1-3H3. The zero-order valence-electron chi connectivity index (χ0n) is 10.8. The highest BCUT2D eigenvalue weighted by molar-refractivity contribution is 5.75. The molecule has 1 N–H and O–H groups in total.